The van der Waals surface area contributed by atoms with Crippen molar-refractivity contribution in [2.75, 3.05) is 7.11 Å². The molecule has 0 aliphatic carbocycles. The lowest BCUT2D eigenvalue weighted by Crippen LogP contribution is -1.86. The Bertz CT molecular complexity index is 854. The van der Waals surface area contributed by atoms with E-state index in [0.29, 0.717) is 5.56 Å². The number of methoxy groups -OCH3 is 1. The fourth-order valence-corrected chi connectivity index (χ4v) is 3.83. The van der Waals surface area contributed by atoms with Crippen LogP contribution in [0, 0.1) is 0 Å². The van der Waals surface area contributed by atoms with E-state index in [1.54, 1.807) is 30.6 Å². The van der Waals surface area contributed by atoms with Crippen molar-refractivity contribution in [2.24, 2.45) is 0 Å². The lowest BCUT2D eigenvalue weighted by molar-refractivity contribution is 0.371. The molecule has 0 amide bonds. The largest absolute Gasteiger partial charge is 0.497 e. The molecule has 114 valence electrons. The number of hydrogen-bond acceptors (Lipinski definition) is 4. The zero-order valence-corrected chi connectivity index (χ0v) is 13.5. The summed E-state index contributed by atoms with van der Waals surface area (Å²) in [5, 5.41) is 0.867. The summed E-state index contributed by atoms with van der Waals surface area (Å²) >= 11 is 1.55. The van der Waals surface area contributed by atoms with Crippen molar-refractivity contribution >= 4 is 29.1 Å². The molecule has 5 nitrogen and oxygen atoms in total. The van der Waals surface area contributed by atoms with E-state index in [1.807, 2.05) is 30.3 Å². The average molecular weight is 335 g/mol. The van der Waals surface area contributed by atoms with Gasteiger partial charge in [-0.05, 0) is 23.8 Å². The van der Waals surface area contributed by atoms with Crippen molar-refractivity contribution in [2.45, 2.75) is 6.16 Å². The third-order valence-electron chi connectivity index (χ3n) is 3.19. The molecule has 0 aliphatic heterocycles. The monoisotopic (exact) mass is 335 g/mol. The van der Waals surface area contributed by atoms with Crippen LogP contribution in [0.25, 0.3) is 20.8 Å². The minimum absolute atomic E-state index is 0.246. The summed E-state index contributed by atoms with van der Waals surface area (Å²) in [7, 11) is -2.41. The average Bonchev–Trinajstić information content (AvgIpc) is 2.89. The van der Waals surface area contributed by atoms with E-state index in [-0.39, 0.29) is 6.16 Å². The molecular formula is C15H14NO4PS. The van der Waals surface area contributed by atoms with Crippen LogP contribution in [-0.4, -0.2) is 21.9 Å². The van der Waals surface area contributed by atoms with E-state index in [1.165, 1.54) is 0 Å². The van der Waals surface area contributed by atoms with E-state index in [2.05, 4.69) is 4.98 Å². The Kier molecular flexibility index (Phi) is 4.02. The minimum Gasteiger partial charge on any atom is -0.497 e. The molecule has 0 spiro atoms. The molecule has 22 heavy (non-hydrogen) atoms. The Labute approximate surface area is 131 Å². The molecule has 0 bridgehead atoms. The van der Waals surface area contributed by atoms with Gasteiger partial charge in [-0.2, -0.15) is 0 Å². The molecule has 1 aromatic heterocycles. The number of hydrogen-bond donors (Lipinski definition) is 2. The van der Waals surface area contributed by atoms with Crippen molar-refractivity contribution in [3.05, 3.63) is 48.0 Å². The Balaban J connectivity index is 1.92. The molecule has 7 heteroatoms. The summed E-state index contributed by atoms with van der Waals surface area (Å²) in [6.07, 6.45) is -0.246. The standard InChI is InChI=1S/C15H14NO4PS/c1-20-12-6-7-13-14(8-12)22-15(16-13)11-4-2-10(3-5-11)9-21(17,18)19/h2-8H,9H2,1H3,(H2,17,18,19). The predicted octanol–water partition coefficient (Wildman–Crippen LogP) is 3.65. The highest BCUT2D eigenvalue weighted by Crippen LogP contribution is 2.39. The first kappa shape index (κ1) is 15.2. The van der Waals surface area contributed by atoms with Crippen molar-refractivity contribution in [1.82, 2.24) is 4.98 Å². The van der Waals surface area contributed by atoms with Crippen LogP contribution >= 0.6 is 18.9 Å². The fourth-order valence-electron chi connectivity index (χ4n) is 2.15. The van der Waals surface area contributed by atoms with Gasteiger partial charge in [-0.1, -0.05) is 24.3 Å². The van der Waals surface area contributed by atoms with Gasteiger partial charge in [0, 0.05) is 5.56 Å². The second-order valence-corrected chi connectivity index (χ2v) is 7.55. The highest BCUT2D eigenvalue weighted by atomic mass is 32.1. The van der Waals surface area contributed by atoms with E-state index in [0.717, 1.165) is 26.5 Å². The molecule has 0 unspecified atom stereocenters. The molecule has 2 aromatic carbocycles. The maximum atomic E-state index is 11.0. The Morgan fingerprint density at radius 3 is 2.55 bits per heavy atom. The molecule has 0 radical (unpaired) electrons. The number of aromatic nitrogens is 1. The highest BCUT2D eigenvalue weighted by molar-refractivity contribution is 7.50. The molecule has 3 aromatic rings. The van der Waals surface area contributed by atoms with Crippen LogP contribution < -0.4 is 4.74 Å². The van der Waals surface area contributed by atoms with Crippen LogP contribution in [0.3, 0.4) is 0 Å². The lowest BCUT2D eigenvalue weighted by Gasteiger charge is -2.04. The summed E-state index contributed by atoms with van der Waals surface area (Å²) < 4.78 is 17.2. The van der Waals surface area contributed by atoms with E-state index < -0.39 is 7.60 Å². The molecule has 1 heterocycles. The van der Waals surface area contributed by atoms with Crippen molar-refractivity contribution < 1.29 is 19.1 Å². The van der Waals surface area contributed by atoms with Gasteiger partial charge in [0.25, 0.3) is 0 Å². The number of nitrogens with zero attached hydrogens (tertiary/aromatic N) is 1. The van der Waals surface area contributed by atoms with E-state index in [9.17, 15) is 4.57 Å². The van der Waals surface area contributed by atoms with Crippen LogP contribution in [0.4, 0.5) is 0 Å². The molecule has 0 saturated carbocycles. The Morgan fingerprint density at radius 1 is 1.18 bits per heavy atom. The molecule has 0 fully saturated rings. The third kappa shape index (κ3) is 3.36. The first-order valence-corrected chi connectivity index (χ1v) is 9.14. The zero-order valence-electron chi connectivity index (χ0n) is 11.8. The summed E-state index contributed by atoms with van der Waals surface area (Å²) in [5.74, 6) is 0.791. The molecular weight excluding hydrogens is 321 g/mol. The summed E-state index contributed by atoms with van der Waals surface area (Å²) in [5.41, 5.74) is 2.44. The quantitative estimate of drug-likeness (QED) is 0.712. The van der Waals surface area contributed by atoms with Gasteiger partial charge in [0.1, 0.15) is 10.8 Å². The normalized spacial score (nSPS) is 11.8. The molecule has 3 rings (SSSR count). The van der Waals surface area contributed by atoms with Crippen LogP contribution in [0.2, 0.25) is 0 Å². The van der Waals surface area contributed by atoms with Gasteiger partial charge in [-0.3, -0.25) is 4.57 Å². The maximum Gasteiger partial charge on any atom is 0.329 e. The highest BCUT2D eigenvalue weighted by Gasteiger charge is 2.14. The van der Waals surface area contributed by atoms with Crippen LogP contribution in [-0.2, 0) is 10.7 Å². The SMILES string of the molecule is COc1ccc2nc(-c3ccc(CP(=O)(O)O)cc3)sc2c1. The number of rotatable bonds is 4. The van der Waals surface area contributed by atoms with Gasteiger partial charge in [-0.25, -0.2) is 4.98 Å². The number of benzene rings is 2. The van der Waals surface area contributed by atoms with Crippen molar-refractivity contribution in [3.8, 4) is 16.3 Å². The molecule has 0 aliphatic rings. The number of thiazole rings is 1. The van der Waals surface area contributed by atoms with Gasteiger partial charge < -0.3 is 14.5 Å². The van der Waals surface area contributed by atoms with Crippen LogP contribution in [0.1, 0.15) is 5.56 Å². The van der Waals surface area contributed by atoms with Crippen LogP contribution in [0.15, 0.2) is 42.5 Å². The van der Waals surface area contributed by atoms with E-state index >= 15 is 0 Å². The summed E-state index contributed by atoms with van der Waals surface area (Å²) in [6, 6.07) is 12.8. The first-order chi connectivity index (χ1) is 10.4. The maximum absolute atomic E-state index is 11.0. The van der Waals surface area contributed by atoms with Crippen molar-refractivity contribution in [1.29, 1.82) is 0 Å². The van der Waals surface area contributed by atoms with Gasteiger partial charge in [0.05, 0.1) is 23.5 Å². The van der Waals surface area contributed by atoms with Crippen LogP contribution in [0.5, 0.6) is 5.75 Å². The molecule has 0 atom stereocenters. The fraction of sp³-hybridized carbons (Fsp3) is 0.133. The Hall–Kier alpha value is -1.72. The van der Waals surface area contributed by atoms with Gasteiger partial charge in [0.15, 0.2) is 0 Å². The second-order valence-electron chi connectivity index (χ2n) is 4.87. The third-order valence-corrected chi connectivity index (χ3v) is 5.03. The predicted molar refractivity (Wildman–Crippen MR) is 87.4 cm³/mol. The lowest BCUT2D eigenvalue weighted by atomic mass is 10.2. The van der Waals surface area contributed by atoms with Gasteiger partial charge in [0.2, 0.25) is 0 Å². The number of ether oxygens (including phenoxy) is 1. The number of fused-ring (bicyclic) bond motifs is 1. The topological polar surface area (TPSA) is 79.7 Å². The van der Waals surface area contributed by atoms with Gasteiger partial charge in [-0.15, -0.1) is 11.3 Å². The summed E-state index contributed by atoms with van der Waals surface area (Å²) in [6.45, 7) is 0. The molecule has 2 N–H and O–H groups in total. The molecule has 0 saturated heterocycles. The first-order valence-electron chi connectivity index (χ1n) is 6.53. The summed E-state index contributed by atoms with van der Waals surface area (Å²) in [4.78, 5) is 22.6. The van der Waals surface area contributed by atoms with E-state index in [4.69, 9.17) is 14.5 Å². The Morgan fingerprint density at radius 2 is 1.91 bits per heavy atom. The smallest absolute Gasteiger partial charge is 0.329 e. The van der Waals surface area contributed by atoms with Gasteiger partial charge >= 0.3 is 7.60 Å². The second kappa shape index (κ2) is 5.82. The van der Waals surface area contributed by atoms with Crippen molar-refractivity contribution in [3.63, 3.8) is 0 Å². The minimum atomic E-state index is -4.03. The zero-order chi connectivity index (χ0) is 15.7.